The lowest BCUT2D eigenvalue weighted by Crippen LogP contribution is -1.81. The minimum atomic E-state index is 0.0491. The van der Waals surface area contributed by atoms with E-state index in [0.717, 1.165) is 11.3 Å². The van der Waals surface area contributed by atoms with Crippen molar-refractivity contribution in [1.29, 1.82) is 0 Å². The molecule has 0 spiro atoms. The third-order valence-electron chi connectivity index (χ3n) is 2.29. The summed E-state index contributed by atoms with van der Waals surface area (Å²) in [5.74, 6) is 0.904. The minimum absolute atomic E-state index is 0.0491. The van der Waals surface area contributed by atoms with Gasteiger partial charge in [0.25, 0.3) is 0 Å². The summed E-state index contributed by atoms with van der Waals surface area (Å²) in [6.45, 7) is 1.53. The lowest BCUT2D eigenvalue weighted by atomic mass is 10.2. The van der Waals surface area contributed by atoms with Crippen molar-refractivity contribution in [3.8, 4) is 5.75 Å². The first-order valence-corrected chi connectivity index (χ1v) is 6.05. The van der Waals surface area contributed by atoms with E-state index in [1.807, 2.05) is 60.7 Å². The Kier molecular flexibility index (Phi) is 6.73. The standard InChI is InChI=1S/C17H18O2/c1-15(18)9-7-5-3-4-6-8-10-16-11-13-17(19-2)14-12-16/h3-14H,1-2H3/b5-3+,6-4+,9-7+,10-8+. The average molecular weight is 254 g/mol. The zero-order chi connectivity index (χ0) is 13.9. The van der Waals surface area contributed by atoms with Crippen LogP contribution in [0.25, 0.3) is 6.08 Å². The number of rotatable bonds is 6. The normalized spacial score (nSPS) is 12.1. The van der Waals surface area contributed by atoms with Crippen LogP contribution in [0.1, 0.15) is 12.5 Å². The van der Waals surface area contributed by atoms with Crippen molar-refractivity contribution in [2.45, 2.75) is 6.92 Å². The van der Waals surface area contributed by atoms with Gasteiger partial charge in [0.15, 0.2) is 5.78 Å². The van der Waals surface area contributed by atoms with Gasteiger partial charge in [-0.05, 0) is 30.7 Å². The van der Waals surface area contributed by atoms with Crippen LogP contribution in [0.3, 0.4) is 0 Å². The van der Waals surface area contributed by atoms with Crippen molar-refractivity contribution < 1.29 is 9.53 Å². The van der Waals surface area contributed by atoms with E-state index in [0.29, 0.717) is 0 Å². The number of carbonyl (C=O) groups is 1. The fourth-order valence-electron chi connectivity index (χ4n) is 1.33. The lowest BCUT2D eigenvalue weighted by Gasteiger charge is -1.98. The molecule has 0 unspecified atom stereocenters. The van der Waals surface area contributed by atoms with E-state index >= 15 is 0 Å². The Labute approximate surface area is 114 Å². The van der Waals surface area contributed by atoms with Crippen LogP contribution < -0.4 is 4.74 Å². The van der Waals surface area contributed by atoms with Crippen LogP contribution in [0, 0.1) is 0 Å². The Morgan fingerprint density at radius 3 is 2.11 bits per heavy atom. The van der Waals surface area contributed by atoms with E-state index in [1.165, 1.54) is 13.0 Å². The number of ether oxygens (including phenoxy) is 1. The Hall–Kier alpha value is -2.35. The summed E-state index contributed by atoms with van der Waals surface area (Å²) in [6, 6.07) is 7.84. The van der Waals surface area contributed by atoms with E-state index in [4.69, 9.17) is 4.74 Å². The minimum Gasteiger partial charge on any atom is -0.497 e. The highest BCUT2D eigenvalue weighted by Gasteiger charge is 1.88. The zero-order valence-corrected chi connectivity index (χ0v) is 11.2. The molecular formula is C17H18O2. The molecule has 0 saturated carbocycles. The molecule has 0 amide bonds. The van der Waals surface area contributed by atoms with Gasteiger partial charge in [0.1, 0.15) is 5.75 Å². The van der Waals surface area contributed by atoms with Gasteiger partial charge in [-0.3, -0.25) is 4.79 Å². The maximum Gasteiger partial charge on any atom is 0.152 e. The fraction of sp³-hybridized carbons (Fsp3) is 0.118. The molecule has 0 radical (unpaired) electrons. The van der Waals surface area contributed by atoms with Gasteiger partial charge in [-0.2, -0.15) is 0 Å². The van der Waals surface area contributed by atoms with E-state index in [-0.39, 0.29) is 5.78 Å². The Bertz CT molecular complexity index is 503. The van der Waals surface area contributed by atoms with E-state index in [1.54, 1.807) is 13.2 Å². The van der Waals surface area contributed by atoms with Crippen LogP contribution in [-0.4, -0.2) is 12.9 Å². The van der Waals surface area contributed by atoms with Gasteiger partial charge in [0.2, 0.25) is 0 Å². The Balaban J connectivity index is 2.42. The average Bonchev–Trinajstić information content (AvgIpc) is 2.42. The highest BCUT2D eigenvalue weighted by molar-refractivity contribution is 5.87. The van der Waals surface area contributed by atoms with Gasteiger partial charge in [0.05, 0.1) is 7.11 Å². The summed E-state index contributed by atoms with van der Waals surface area (Å²) in [5.41, 5.74) is 1.12. The van der Waals surface area contributed by atoms with Crippen molar-refractivity contribution in [1.82, 2.24) is 0 Å². The van der Waals surface area contributed by atoms with Crippen molar-refractivity contribution >= 4 is 11.9 Å². The molecule has 0 atom stereocenters. The second-order valence-corrected chi connectivity index (χ2v) is 3.87. The summed E-state index contributed by atoms with van der Waals surface area (Å²) in [6.07, 6.45) is 14.7. The van der Waals surface area contributed by atoms with Crippen LogP contribution in [0.4, 0.5) is 0 Å². The molecule has 0 bridgehead atoms. The molecule has 2 nitrogen and oxygen atoms in total. The predicted molar refractivity (Wildman–Crippen MR) is 80.1 cm³/mol. The maximum atomic E-state index is 10.6. The molecule has 0 fully saturated rings. The summed E-state index contributed by atoms with van der Waals surface area (Å²) in [4.78, 5) is 10.6. The molecule has 1 rings (SSSR count). The molecule has 0 aliphatic heterocycles. The van der Waals surface area contributed by atoms with Crippen LogP contribution >= 0.6 is 0 Å². The molecule has 0 aliphatic carbocycles. The number of hydrogen-bond acceptors (Lipinski definition) is 2. The summed E-state index contributed by atoms with van der Waals surface area (Å²) < 4.78 is 5.09. The number of allylic oxidation sites excluding steroid dienone is 7. The van der Waals surface area contributed by atoms with Crippen LogP contribution in [0.15, 0.2) is 66.8 Å². The molecule has 98 valence electrons. The third-order valence-corrected chi connectivity index (χ3v) is 2.29. The van der Waals surface area contributed by atoms with Crippen LogP contribution in [-0.2, 0) is 4.79 Å². The number of benzene rings is 1. The Morgan fingerprint density at radius 1 is 0.947 bits per heavy atom. The molecule has 1 aromatic carbocycles. The van der Waals surface area contributed by atoms with Gasteiger partial charge in [-0.25, -0.2) is 0 Å². The van der Waals surface area contributed by atoms with Crippen LogP contribution in [0.5, 0.6) is 5.75 Å². The van der Waals surface area contributed by atoms with Crippen molar-refractivity contribution in [2.24, 2.45) is 0 Å². The highest BCUT2D eigenvalue weighted by Crippen LogP contribution is 2.12. The maximum absolute atomic E-state index is 10.6. The topological polar surface area (TPSA) is 26.3 Å². The summed E-state index contributed by atoms with van der Waals surface area (Å²) in [5, 5.41) is 0. The third kappa shape index (κ3) is 6.84. The van der Waals surface area contributed by atoms with E-state index in [9.17, 15) is 4.79 Å². The van der Waals surface area contributed by atoms with E-state index in [2.05, 4.69) is 0 Å². The van der Waals surface area contributed by atoms with Crippen molar-refractivity contribution in [3.63, 3.8) is 0 Å². The first-order chi connectivity index (χ1) is 9.22. The number of ketones is 1. The first-order valence-electron chi connectivity index (χ1n) is 6.05. The second-order valence-electron chi connectivity index (χ2n) is 3.87. The van der Waals surface area contributed by atoms with Crippen molar-refractivity contribution in [3.05, 3.63) is 72.4 Å². The first kappa shape index (κ1) is 14.7. The van der Waals surface area contributed by atoms with Gasteiger partial charge < -0.3 is 4.74 Å². The van der Waals surface area contributed by atoms with Gasteiger partial charge in [-0.15, -0.1) is 0 Å². The molecule has 0 aliphatic rings. The largest absolute Gasteiger partial charge is 0.497 e. The van der Waals surface area contributed by atoms with Gasteiger partial charge in [-0.1, -0.05) is 54.7 Å². The molecule has 0 N–H and O–H groups in total. The second kappa shape index (κ2) is 8.70. The monoisotopic (exact) mass is 254 g/mol. The molecular weight excluding hydrogens is 236 g/mol. The molecule has 2 heteroatoms. The zero-order valence-electron chi connectivity index (χ0n) is 11.2. The molecule has 1 aromatic rings. The fourth-order valence-corrected chi connectivity index (χ4v) is 1.33. The summed E-state index contributed by atoms with van der Waals surface area (Å²) in [7, 11) is 1.65. The SMILES string of the molecule is COc1ccc(/C=C/C=C/C=C/C=C/C(C)=O)cc1. The number of carbonyl (C=O) groups excluding carboxylic acids is 1. The van der Waals surface area contributed by atoms with Gasteiger partial charge in [0, 0.05) is 0 Å². The number of methoxy groups -OCH3 is 1. The number of hydrogen-bond donors (Lipinski definition) is 0. The molecule has 19 heavy (non-hydrogen) atoms. The van der Waals surface area contributed by atoms with Crippen molar-refractivity contribution in [2.75, 3.05) is 7.11 Å². The van der Waals surface area contributed by atoms with Gasteiger partial charge >= 0.3 is 0 Å². The Morgan fingerprint density at radius 2 is 1.53 bits per heavy atom. The molecule has 0 aromatic heterocycles. The quantitative estimate of drug-likeness (QED) is 0.567. The van der Waals surface area contributed by atoms with Crippen LogP contribution in [0.2, 0.25) is 0 Å². The summed E-state index contributed by atoms with van der Waals surface area (Å²) >= 11 is 0. The molecule has 0 heterocycles. The molecule has 0 saturated heterocycles. The smallest absolute Gasteiger partial charge is 0.152 e. The van der Waals surface area contributed by atoms with E-state index < -0.39 is 0 Å². The lowest BCUT2D eigenvalue weighted by molar-refractivity contribution is -0.112. The predicted octanol–water partition coefficient (Wildman–Crippen LogP) is 3.97. The highest BCUT2D eigenvalue weighted by atomic mass is 16.5.